The smallest absolute Gasteiger partial charge is 0.0425 e. The van der Waals surface area contributed by atoms with Crippen molar-refractivity contribution < 1.29 is 21.7 Å². The third kappa shape index (κ3) is 19.4. The van der Waals surface area contributed by atoms with E-state index in [1.807, 2.05) is 6.08 Å². The summed E-state index contributed by atoms with van der Waals surface area (Å²) in [6.07, 6.45) is 35.7. The normalized spacial score (nSPS) is 12.8. The fraction of sp³-hybridized carbons (Fsp3) is 0.724. The molecule has 0 aromatic heterocycles. The Morgan fingerprint density at radius 2 is 1.31 bits per heavy atom. The Hall–Kier alpha value is -0.0957. The van der Waals surface area contributed by atoms with Gasteiger partial charge in [-0.15, -0.1) is 0 Å². The Bertz CT molecular complexity index is 521. The average Bonchev–Trinajstić information content (AvgIpc) is 3.29. The van der Waals surface area contributed by atoms with Crippen LogP contribution in [0.3, 0.4) is 0 Å². The van der Waals surface area contributed by atoms with E-state index in [2.05, 4.69) is 58.6 Å². The van der Waals surface area contributed by atoms with Crippen molar-refractivity contribution in [3.05, 3.63) is 48.7 Å². The van der Waals surface area contributed by atoms with Crippen molar-refractivity contribution in [3.63, 3.8) is 0 Å². The molecule has 0 aliphatic heterocycles. The monoisotopic (exact) mass is 495 g/mol. The molecule has 0 unspecified atom stereocenters. The van der Waals surface area contributed by atoms with Crippen LogP contribution in [-0.4, -0.2) is 18.5 Å². The summed E-state index contributed by atoms with van der Waals surface area (Å²) in [6, 6.07) is 0. The molecule has 0 amide bonds. The first-order valence-corrected chi connectivity index (χ1v) is 15.7. The van der Waals surface area contributed by atoms with E-state index in [-0.39, 0.29) is 21.7 Å². The van der Waals surface area contributed by atoms with Gasteiger partial charge in [0.15, 0.2) is 0 Å². The van der Waals surface area contributed by atoms with Gasteiger partial charge < -0.3 is 0 Å². The number of rotatable bonds is 18. The van der Waals surface area contributed by atoms with Gasteiger partial charge in [-0.3, -0.25) is 4.74 Å². The van der Waals surface area contributed by atoms with Gasteiger partial charge in [0, 0.05) is 33.8 Å². The summed E-state index contributed by atoms with van der Waals surface area (Å²) in [5.74, 6) is 0. The van der Waals surface area contributed by atoms with Gasteiger partial charge in [0.2, 0.25) is 0 Å². The van der Waals surface area contributed by atoms with E-state index in [1.165, 1.54) is 101 Å². The molecule has 1 nitrogen and oxygen atoms in total. The molecule has 0 heterocycles. The SMILES string of the molecule is C=CC=CCC.CCCCCCP(CCCCCC)(CCCCCC)=NC1=CC=CC1.[Ti]. The first kappa shape index (κ1) is 34.1. The Labute approximate surface area is 217 Å². The van der Waals surface area contributed by atoms with E-state index in [4.69, 9.17) is 4.74 Å². The van der Waals surface area contributed by atoms with Crippen LogP contribution in [-0.2, 0) is 21.7 Å². The molecule has 1 rings (SSSR count). The van der Waals surface area contributed by atoms with Crippen LogP contribution in [0.25, 0.3) is 0 Å². The van der Waals surface area contributed by atoms with Crippen molar-refractivity contribution in [1.29, 1.82) is 0 Å². The van der Waals surface area contributed by atoms with Crippen LogP contribution >= 0.6 is 7.05 Å². The zero-order valence-electron chi connectivity index (χ0n) is 22.1. The minimum Gasteiger partial charge on any atom is -0.272 e. The molecule has 3 heteroatoms. The average molecular weight is 496 g/mol. The van der Waals surface area contributed by atoms with Crippen LogP contribution in [0.2, 0.25) is 0 Å². The maximum Gasteiger partial charge on any atom is 0.0425 e. The molecule has 32 heavy (non-hydrogen) atoms. The first-order valence-electron chi connectivity index (χ1n) is 13.4. The third-order valence-electron chi connectivity index (χ3n) is 5.88. The molecular weight excluding hydrogens is 441 g/mol. The summed E-state index contributed by atoms with van der Waals surface area (Å²) in [5, 5.41) is 0. The zero-order valence-corrected chi connectivity index (χ0v) is 24.5. The van der Waals surface area contributed by atoms with Gasteiger partial charge in [-0.2, -0.15) is 0 Å². The number of nitrogens with zero attached hydrogens (tertiary/aromatic N) is 1. The van der Waals surface area contributed by atoms with Gasteiger partial charge in [0.25, 0.3) is 0 Å². The summed E-state index contributed by atoms with van der Waals surface area (Å²) < 4.78 is 5.51. The minimum absolute atomic E-state index is 0. The molecule has 184 valence electrons. The molecule has 0 fully saturated rings. The second-order valence-corrected chi connectivity index (χ2v) is 12.6. The maximum atomic E-state index is 5.51. The number of hydrogen-bond acceptors (Lipinski definition) is 1. The van der Waals surface area contributed by atoms with Crippen LogP contribution < -0.4 is 0 Å². The largest absolute Gasteiger partial charge is 0.272 e. The van der Waals surface area contributed by atoms with Crippen molar-refractivity contribution in [3.8, 4) is 0 Å². The van der Waals surface area contributed by atoms with Gasteiger partial charge in [-0.05, 0) is 57.3 Å². The van der Waals surface area contributed by atoms with E-state index >= 15 is 0 Å². The van der Waals surface area contributed by atoms with E-state index in [0.717, 1.165) is 12.8 Å². The second-order valence-electron chi connectivity index (χ2n) is 8.91. The standard InChI is InChI=1S/C23H44NP.C6H10.Ti/c1-4-7-10-15-20-25(21-16-11-8-5-2,22-17-12-9-6-3)24-23-18-13-14-19-23;1-3-5-6-4-2;/h13-14,18H,4-12,15-17,19-22H2,1-3H3;3,5-6H,1,4H2,2H3;. The van der Waals surface area contributed by atoms with Crippen molar-refractivity contribution >= 4 is 7.05 Å². The van der Waals surface area contributed by atoms with Crippen molar-refractivity contribution in [2.24, 2.45) is 4.74 Å². The molecule has 0 bridgehead atoms. The Kier molecular flexibility index (Phi) is 27.2. The van der Waals surface area contributed by atoms with Crippen LogP contribution in [0.4, 0.5) is 0 Å². The fourth-order valence-electron chi connectivity index (χ4n) is 4.00. The van der Waals surface area contributed by atoms with E-state index in [0.29, 0.717) is 0 Å². The summed E-state index contributed by atoms with van der Waals surface area (Å²) in [4.78, 5) is 0. The van der Waals surface area contributed by atoms with Crippen LogP contribution in [0.1, 0.15) is 118 Å². The van der Waals surface area contributed by atoms with Gasteiger partial charge in [0.05, 0.1) is 0 Å². The van der Waals surface area contributed by atoms with Gasteiger partial charge >= 0.3 is 0 Å². The van der Waals surface area contributed by atoms with Crippen molar-refractivity contribution in [2.75, 3.05) is 18.5 Å². The van der Waals surface area contributed by atoms with Crippen molar-refractivity contribution in [2.45, 2.75) is 118 Å². The molecule has 0 aromatic rings. The molecule has 0 N–H and O–H groups in total. The zero-order chi connectivity index (χ0) is 23.0. The van der Waals surface area contributed by atoms with Crippen LogP contribution in [0, 0.1) is 0 Å². The Balaban J connectivity index is 0. The molecule has 0 atom stereocenters. The summed E-state index contributed by atoms with van der Waals surface area (Å²) in [7, 11) is -1.15. The molecule has 0 saturated carbocycles. The number of allylic oxidation sites excluding steroid dienone is 6. The quantitative estimate of drug-likeness (QED) is 0.0776. The number of unbranched alkanes of at least 4 members (excludes halogenated alkanes) is 9. The maximum absolute atomic E-state index is 5.51. The molecule has 0 saturated heterocycles. The second kappa shape index (κ2) is 25.5. The summed E-state index contributed by atoms with van der Waals surface area (Å²) >= 11 is 0. The van der Waals surface area contributed by atoms with Gasteiger partial charge in [-0.25, -0.2) is 0 Å². The van der Waals surface area contributed by atoms with E-state index in [9.17, 15) is 0 Å². The number of hydrogen-bond donors (Lipinski definition) is 0. The predicted octanol–water partition coefficient (Wildman–Crippen LogP) is 10.9. The van der Waals surface area contributed by atoms with E-state index in [1.54, 1.807) is 6.08 Å². The molecule has 1 aliphatic rings. The Morgan fingerprint density at radius 3 is 1.62 bits per heavy atom. The Morgan fingerprint density at radius 1 is 0.812 bits per heavy atom. The summed E-state index contributed by atoms with van der Waals surface area (Å²) in [6.45, 7) is 12.6. The van der Waals surface area contributed by atoms with Crippen molar-refractivity contribution in [1.82, 2.24) is 0 Å². The molecule has 1 aliphatic carbocycles. The molecular formula is C29H54NPTi. The fourth-order valence-corrected chi connectivity index (χ4v) is 8.10. The van der Waals surface area contributed by atoms with Gasteiger partial charge in [-0.1, -0.05) is 122 Å². The van der Waals surface area contributed by atoms with Gasteiger partial charge in [0.1, 0.15) is 0 Å². The summed E-state index contributed by atoms with van der Waals surface area (Å²) in [5.41, 5.74) is 1.38. The molecule has 0 spiro atoms. The third-order valence-corrected chi connectivity index (χ3v) is 10.0. The predicted molar refractivity (Wildman–Crippen MR) is 148 cm³/mol. The molecule has 0 aromatic carbocycles. The van der Waals surface area contributed by atoms with Crippen LogP contribution in [0.5, 0.6) is 0 Å². The first-order chi connectivity index (χ1) is 15.2. The minimum atomic E-state index is -1.15. The topological polar surface area (TPSA) is 12.4 Å². The van der Waals surface area contributed by atoms with E-state index < -0.39 is 7.05 Å². The van der Waals surface area contributed by atoms with Crippen LogP contribution in [0.15, 0.2) is 53.5 Å². The molecule has 0 radical (unpaired) electrons.